The Balaban J connectivity index is 2.04. The molecule has 4 unspecified atom stereocenters. The zero-order valence-electron chi connectivity index (χ0n) is 12.2. The molecule has 0 bridgehead atoms. The lowest BCUT2D eigenvalue weighted by Crippen LogP contribution is -2.42. The second kappa shape index (κ2) is 6.61. The molecule has 4 nitrogen and oxygen atoms in total. The van der Waals surface area contributed by atoms with Crippen molar-refractivity contribution in [1.82, 2.24) is 5.32 Å². The minimum Gasteiger partial charge on any atom is -0.369 e. The number of primary amides is 1. The number of hydrogen-bond donors (Lipinski definition) is 3. The molecule has 2 aromatic rings. The summed E-state index contributed by atoms with van der Waals surface area (Å²) in [6.07, 6.45) is -0.484. The van der Waals surface area contributed by atoms with Gasteiger partial charge in [0, 0.05) is 21.5 Å². The lowest BCUT2D eigenvalue weighted by Gasteiger charge is -2.23. The number of carbonyl (C=O) groups excluding carboxylic acids is 1. The van der Waals surface area contributed by atoms with Gasteiger partial charge in [-0.05, 0) is 35.4 Å². The molecule has 3 rings (SSSR count). The first-order valence-electron chi connectivity index (χ1n) is 7.29. The van der Waals surface area contributed by atoms with Gasteiger partial charge in [0.25, 0.3) is 0 Å². The molecule has 0 aromatic heterocycles. The van der Waals surface area contributed by atoms with Crippen molar-refractivity contribution in [2.75, 3.05) is 0 Å². The van der Waals surface area contributed by atoms with Gasteiger partial charge < -0.3 is 11.5 Å². The second-order valence-electron chi connectivity index (χ2n) is 5.73. The van der Waals surface area contributed by atoms with Crippen LogP contribution in [0.25, 0.3) is 0 Å². The van der Waals surface area contributed by atoms with Gasteiger partial charge in [-0.1, -0.05) is 51.8 Å². The average Bonchev–Trinajstić information content (AvgIpc) is 2.86. The molecule has 0 spiro atoms. The monoisotopic (exact) mass is 393 g/mol. The lowest BCUT2D eigenvalue weighted by atomic mass is 9.80. The predicted octanol–water partition coefficient (Wildman–Crippen LogP) is 2.92. The summed E-state index contributed by atoms with van der Waals surface area (Å²) in [5.74, 6) is -0.997. The maximum atomic E-state index is 12.0. The maximum Gasteiger partial charge on any atom is 0.224 e. The largest absolute Gasteiger partial charge is 0.369 e. The van der Waals surface area contributed by atoms with Crippen molar-refractivity contribution in [3.05, 3.63) is 69.2 Å². The minimum absolute atomic E-state index is 0.0963. The van der Waals surface area contributed by atoms with E-state index in [-0.39, 0.29) is 12.0 Å². The number of amides is 1. The highest BCUT2D eigenvalue weighted by Crippen LogP contribution is 2.43. The van der Waals surface area contributed by atoms with E-state index in [0.29, 0.717) is 5.02 Å². The molecule has 1 amide bonds. The van der Waals surface area contributed by atoms with Crippen molar-refractivity contribution in [1.29, 1.82) is 0 Å². The Labute approximate surface area is 148 Å². The van der Waals surface area contributed by atoms with Gasteiger partial charge in [-0.2, -0.15) is 0 Å². The van der Waals surface area contributed by atoms with Gasteiger partial charge >= 0.3 is 0 Å². The maximum absolute atomic E-state index is 12.0. The van der Waals surface area contributed by atoms with Crippen molar-refractivity contribution in [3.63, 3.8) is 0 Å². The molecule has 23 heavy (non-hydrogen) atoms. The molecule has 1 fully saturated rings. The number of nitrogens with one attached hydrogen (secondary N) is 1. The van der Waals surface area contributed by atoms with E-state index in [0.717, 1.165) is 15.6 Å². The van der Waals surface area contributed by atoms with Gasteiger partial charge in [0.05, 0.1) is 12.1 Å². The van der Waals surface area contributed by atoms with Crippen molar-refractivity contribution in [2.45, 2.75) is 18.1 Å². The average molecular weight is 395 g/mol. The third-order valence-corrected chi connectivity index (χ3v) is 5.10. The summed E-state index contributed by atoms with van der Waals surface area (Å²) in [5, 5.41) is 3.98. The highest BCUT2D eigenvalue weighted by molar-refractivity contribution is 9.10. The summed E-state index contributed by atoms with van der Waals surface area (Å²) in [7, 11) is 0. The molecular formula is C17H17BrClN3O. The van der Waals surface area contributed by atoms with Crippen LogP contribution in [0.5, 0.6) is 0 Å². The van der Waals surface area contributed by atoms with Crippen LogP contribution >= 0.6 is 27.5 Å². The Kier molecular flexibility index (Phi) is 4.73. The van der Waals surface area contributed by atoms with E-state index in [9.17, 15) is 4.79 Å². The lowest BCUT2D eigenvalue weighted by molar-refractivity contribution is -0.122. The summed E-state index contributed by atoms with van der Waals surface area (Å²) >= 11 is 9.40. The molecule has 2 aromatic carbocycles. The van der Waals surface area contributed by atoms with Crippen molar-refractivity contribution < 1.29 is 4.79 Å². The van der Waals surface area contributed by atoms with Crippen LogP contribution in [0, 0.1) is 5.92 Å². The minimum atomic E-state index is -0.484. The summed E-state index contributed by atoms with van der Waals surface area (Å²) < 4.78 is 0.982. The van der Waals surface area contributed by atoms with Crippen molar-refractivity contribution in [2.24, 2.45) is 17.4 Å². The molecule has 1 saturated heterocycles. The number of benzene rings is 2. The Morgan fingerprint density at radius 3 is 2.17 bits per heavy atom. The molecule has 1 aliphatic rings. The molecule has 5 N–H and O–H groups in total. The SMILES string of the molecule is NC(=O)C1C(N)NC(c2ccc(Cl)cc2)C1c1ccc(Br)cc1. The summed E-state index contributed by atoms with van der Waals surface area (Å²) in [5.41, 5.74) is 13.8. The molecule has 120 valence electrons. The van der Waals surface area contributed by atoms with Crippen LogP contribution in [0.15, 0.2) is 53.0 Å². The van der Waals surface area contributed by atoms with Gasteiger partial charge in [-0.15, -0.1) is 0 Å². The van der Waals surface area contributed by atoms with Crippen LogP contribution < -0.4 is 16.8 Å². The van der Waals surface area contributed by atoms with Gasteiger partial charge in [0.15, 0.2) is 0 Å². The van der Waals surface area contributed by atoms with Gasteiger partial charge in [-0.25, -0.2) is 0 Å². The fraction of sp³-hybridized carbons (Fsp3) is 0.235. The smallest absolute Gasteiger partial charge is 0.224 e. The fourth-order valence-electron chi connectivity index (χ4n) is 3.26. The molecule has 0 radical (unpaired) electrons. The normalized spacial score (nSPS) is 27.1. The topological polar surface area (TPSA) is 81.1 Å². The van der Waals surface area contributed by atoms with Crippen molar-refractivity contribution >= 4 is 33.4 Å². The molecule has 6 heteroatoms. The standard InChI is InChI=1S/C17H17BrClN3O/c18-11-5-1-9(2-6-11)13-14(17(21)23)16(20)22-15(13)10-3-7-12(19)8-4-10/h1-8,13-16,22H,20H2,(H2,21,23). The van der Waals surface area contributed by atoms with Gasteiger partial charge in [-0.3, -0.25) is 10.1 Å². The summed E-state index contributed by atoms with van der Waals surface area (Å²) in [6.45, 7) is 0. The molecule has 4 atom stereocenters. The molecule has 0 aliphatic carbocycles. The van der Waals surface area contributed by atoms with Crippen LogP contribution in [0.3, 0.4) is 0 Å². The van der Waals surface area contributed by atoms with E-state index >= 15 is 0 Å². The Bertz CT molecular complexity index is 705. The number of nitrogens with two attached hydrogens (primary N) is 2. The first-order valence-corrected chi connectivity index (χ1v) is 8.46. The molecule has 1 aliphatic heterocycles. The van der Waals surface area contributed by atoms with Crippen LogP contribution in [0.4, 0.5) is 0 Å². The molecule has 0 saturated carbocycles. The van der Waals surface area contributed by atoms with E-state index in [4.69, 9.17) is 23.1 Å². The number of hydrogen-bond acceptors (Lipinski definition) is 3. The Hall–Kier alpha value is -1.40. The molecular weight excluding hydrogens is 378 g/mol. The Morgan fingerprint density at radius 1 is 1.04 bits per heavy atom. The zero-order valence-corrected chi connectivity index (χ0v) is 14.6. The number of halogens is 2. The van der Waals surface area contributed by atoms with Crippen LogP contribution in [-0.2, 0) is 4.79 Å². The quantitative estimate of drug-likeness (QED) is 0.748. The number of rotatable bonds is 3. The van der Waals surface area contributed by atoms with E-state index in [1.165, 1.54) is 0 Å². The summed E-state index contributed by atoms with van der Waals surface area (Å²) in [4.78, 5) is 12.0. The van der Waals surface area contributed by atoms with Crippen LogP contribution in [0.2, 0.25) is 5.02 Å². The molecule has 1 heterocycles. The third-order valence-electron chi connectivity index (χ3n) is 4.32. The summed E-state index contributed by atoms with van der Waals surface area (Å²) in [6, 6.07) is 15.4. The zero-order chi connectivity index (χ0) is 16.6. The van der Waals surface area contributed by atoms with Crippen molar-refractivity contribution in [3.8, 4) is 0 Å². The van der Waals surface area contributed by atoms with E-state index < -0.39 is 18.0 Å². The first kappa shape index (κ1) is 16.5. The number of carbonyl (C=O) groups is 1. The highest BCUT2D eigenvalue weighted by Gasteiger charge is 2.45. The van der Waals surface area contributed by atoms with E-state index in [1.807, 2.05) is 48.5 Å². The predicted molar refractivity (Wildman–Crippen MR) is 94.9 cm³/mol. The van der Waals surface area contributed by atoms with E-state index in [2.05, 4.69) is 21.2 Å². The fourth-order valence-corrected chi connectivity index (χ4v) is 3.65. The van der Waals surface area contributed by atoms with Crippen LogP contribution in [-0.4, -0.2) is 12.1 Å². The van der Waals surface area contributed by atoms with Crippen LogP contribution in [0.1, 0.15) is 23.1 Å². The van der Waals surface area contributed by atoms with Gasteiger partial charge in [0.1, 0.15) is 0 Å². The highest BCUT2D eigenvalue weighted by atomic mass is 79.9. The Morgan fingerprint density at radius 2 is 1.61 bits per heavy atom. The van der Waals surface area contributed by atoms with E-state index in [1.54, 1.807) is 0 Å². The first-order chi connectivity index (χ1) is 11.0. The third kappa shape index (κ3) is 3.28. The second-order valence-corrected chi connectivity index (χ2v) is 7.08. The van der Waals surface area contributed by atoms with Gasteiger partial charge in [0.2, 0.25) is 5.91 Å².